The molecule has 0 spiro atoms. The number of rotatable bonds is 3. The first-order chi connectivity index (χ1) is 11.8. The average Bonchev–Trinajstić information content (AvgIpc) is 3.07. The number of hydrogen-bond acceptors (Lipinski definition) is 4. The summed E-state index contributed by atoms with van der Waals surface area (Å²) in [6, 6.07) is 1.63. The molecule has 1 aliphatic heterocycles. The number of aromatic nitrogens is 2. The fraction of sp³-hybridized carbons (Fsp3) is 0.722. The zero-order chi connectivity index (χ0) is 18.2. The number of carbonyl (C=O) groups is 2. The van der Waals surface area contributed by atoms with Crippen molar-refractivity contribution in [3.8, 4) is 0 Å². The number of aliphatic hydroxyl groups is 1. The van der Waals surface area contributed by atoms with Gasteiger partial charge in [-0.3, -0.25) is 14.3 Å². The number of hydrogen-bond donors (Lipinski definition) is 2. The second kappa shape index (κ2) is 6.78. The van der Waals surface area contributed by atoms with Crippen molar-refractivity contribution in [2.45, 2.75) is 64.1 Å². The van der Waals surface area contributed by atoms with E-state index >= 15 is 0 Å². The Balaban J connectivity index is 1.75. The second-order valence-electron chi connectivity index (χ2n) is 7.66. The van der Waals surface area contributed by atoms with Crippen LogP contribution in [0.3, 0.4) is 0 Å². The van der Waals surface area contributed by atoms with Gasteiger partial charge in [-0.15, -0.1) is 0 Å². The number of amides is 2. The van der Waals surface area contributed by atoms with Gasteiger partial charge in [0.1, 0.15) is 5.69 Å². The predicted molar refractivity (Wildman–Crippen MR) is 92.8 cm³/mol. The maximum absolute atomic E-state index is 12.3. The molecule has 7 heteroatoms. The highest BCUT2D eigenvalue weighted by molar-refractivity contribution is 5.92. The molecule has 0 aromatic carbocycles. The first-order valence-corrected chi connectivity index (χ1v) is 9.07. The van der Waals surface area contributed by atoms with E-state index in [0.717, 1.165) is 25.7 Å². The maximum atomic E-state index is 12.3. The van der Waals surface area contributed by atoms with E-state index in [-0.39, 0.29) is 29.3 Å². The first kappa shape index (κ1) is 17.9. The summed E-state index contributed by atoms with van der Waals surface area (Å²) in [4.78, 5) is 26.6. The molecule has 7 nitrogen and oxygen atoms in total. The number of carbonyl (C=O) groups excluding carboxylic acids is 2. The Hall–Kier alpha value is -1.89. The van der Waals surface area contributed by atoms with Crippen LogP contribution in [0.5, 0.6) is 0 Å². The van der Waals surface area contributed by atoms with E-state index in [1.54, 1.807) is 26.2 Å². The van der Waals surface area contributed by atoms with Crippen LogP contribution in [0, 0.1) is 5.41 Å². The SMILES string of the molecule is CC(=O)N1[C@@H](CNC(=O)c2ccnn2C)C[C@@]2(C)[C@@H](O)CCCC[C@@H]12. The third kappa shape index (κ3) is 3.17. The van der Waals surface area contributed by atoms with E-state index in [1.807, 2.05) is 4.90 Å². The standard InChI is InChI=1S/C18H28N4O3/c1-12(23)22-13(11-19-17(25)14-8-9-20-21(14)3)10-18(2)15(22)6-4-5-7-16(18)24/h8-9,13,15-16,24H,4-7,10-11H2,1-3H3,(H,19,25)/t13-,15-,16+,18-/m1/s1. The molecular weight excluding hydrogens is 320 g/mol. The molecular formula is C18H28N4O3. The Morgan fingerprint density at radius 3 is 2.76 bits per heavy atom. The molecule has 2 fully saturated rings. The molecule has 3 rings (SSSR count). The highest BCUT2D eigenvalue weighted by Crippen LogP contribution is 2.48. The number of likely N-dealkylation sites (tertiary alicyclic amines) is 1. The van der Waals surface area contributed by atoms with Gasteiger partial charge in [0.25, 0.3) is 5.91 Å². The number of nitrogens with one attached hydrogen (secondary N) is 1. The Labute approximate surface area is 148 Å². The summed E-state index contributed by atoms with van der Waals surface area (Å²) in [6.07, 6.45) is 5.62. The normalized spacial score (nSPS) is 32.2. The topological polar surface area (TPSA) is 87.5 Å². The van der Waals surface area contributed by atoms with Gasteiger partial charge in [0.05, 0.1) is 12.1 Å². The van der Waals surface area contributed by atoms with E-state index in [9.17, 15) is 14.7 Å². The lowest BCUT2D eigenvalue weighted by Gasteiger charge is -2.37. The van der Waals surface area contributed by atoms with Crippen LogP contribution in [0.25, 0.3) is 0 Å². The summed E-state index contributed by atoms with van der Waals surface area (Å²) in [6.45, 7) is 4.06. The second-order valence-corrected chi connectivity index (χ2v) is 7.66. The van der Waals surface area contributed by atoms with Crippen LogP contribution in [0.15, 0.2) is 12.3 Å². The van der Waals surface area contributed by atoms with Crippen molar-refractivity contribution < 1.29 is 14.7 Å². The summed E-state index contributed by atoms with van der Waals surface area (Å²) in [5.74, 6) is -0.177. The molecule has 0 radical (unpaired) electrons. The summed E-state index contributed by atoms with van der Waals surface area (Å²) in [5.41, 5.74) is 0.192. The summed E-state index contributed by atoms with van der Waals surface area (Å²) in [7, 11) is 1.72. The van der Waals surface area contributed by atoms with Gasteiger partial charge in [-0.1, -0.05) is 19.8 Å². The minimum absolute atomic E-state index is 0.0163. The van der Waals surface area contributed by atoms with Crippen molar-refractivity contribution in [3.05, 3.63) is 18.0 Å². The predicted octanol–water partition coefficient (Wildman–Crippen LogP) is 1.08. The van der Waals surface area contributed by atoms with Crippen molar-refractivity contribution >= 4 is 11.8 Å². The monoisotopic (exact) mass is 348 g/mol. The van der Waals surface area contributed by atoms with Crippen LogP contribution in [-0.4, -0.2) is 56.3 Å². The number of aryl methyl sites for hydroxylation is 1. The largest absolute Gasteiger partial charge is 0.392 e. The minimum atomic E-state index is -0.403. The van der Waals surface area contributed by atoms with Gasteiger partial charge in [-0.05, 0) is 25.3 Å². The fourth-order valence-electron chi connectivity index (χ4n) is 4.69. The van der Waals surface area contributed by atoms with Gasteiger partial charge in [-0.25, -0.2) is 0 Å². The average molecular weight is 348 g/mol. The fourth-order valence-corrected chi connectivity index (χ4v) is 4.69. The van der Waals surface area contributed by atoms with Crippen molar-refractivity contribution in [2.75, 3.05) is 6.54 Å². The lowest BCUT2D eigenvalue weighted by molar-refractivity contribution is -0.133. The van der Waals surface area contributed by atoms with Crippen LogP contribution in [0.1, 0.15) is 56.4 Å². The Morgan fingerprint density at radius 1 is 1.40 bits per heavy atom. The van der Waals surface area contributed by atoms with Gasteiger partial charge < -0.3 is 15.3 Å². The number of aliphatic hydroxyl groups excluding tert-OH is 1. The molecule has 2 heterocycles. The van der Waals surface area contributed by atoms with Crippen LogP contribution < -0.4 is 5.32 Å². The molecule has 4 atom stereocenters. The molecule has 0 bridgehead atoms. The van der Waals surface area contributed by atoms with Crippen molar-refractivity contribution in [1.82, 2.24) is 20.0 Å². The smallest absolute Gasteiger partial charge is 0.269 e. The van der Waals surface area contributed by atoms with Crippen molar-refractivity contribution in [1.29, 1.82) is 0 Å². The third-order valence-electron chi connectivity index (χ3n) is 6.05. The van der Waals surface area contributed by atoms with E-state index in [4.69, 9.17) is 0 Å². The molecule has 138 valence electrons. The van der Waals surface area contributed by atoms with E-state index in [1.165, 1.54) is 4.68 Å². The highest BCUT2D eigenvalue weighted by Gasteiger charge is 2.54. The summed E-state index contributed by atoms with van der Waals surface area (Å²) < 4.78 is 1.53. The van der Waals surface area contributed by atoms with Crippen LogP contribution in [-0.2, 0) is 11.8 Å². The third-order valence-corrected chi connectivity index (χ3v) is 6.05. The Bertz CT molecular complexity index is 659. The molecule has 1 saturated heterocycles. The molecule has 1 aromatic rings. The molecule has 2 amide bonds. The van der Waals surface area contributed by atoms with Crippen LogP contribution in [0.4, 0.5) is 0 Å². The van der Waals surface area contributed by atoms with Gasteiger partial charge in [-0.2, -0.15) is 5.10 Å². The Kier molecular flexibility index (Phi) is 4.86. The highest BCUT2D eigenvalue weighted by atomic mass is 16.3. The van der Waals surface area contributed by atoms with Gasteiger partial charge >= 0.3 is 0 Å². The van der Waals surface area contributed by atoms with E-state index < -0.39 is 6.10 Å². The van der Waals surface area contributed by atoms with Gasteiger partial charge in [0.15, 0.2) is 0 Å². The molecule has 25 heavy (non-hydrogen) atoms. The van der Waals surface area contributed by atoms with E-state index in [0.29, 0.717) is 18.7 Å². The van der Waals surface area contributed by atoms with Crippen LogP contribution in [0.2, 0.25) is 0 Å². The molecule has 0 unspecified atom stereocenters. The van der Waals surface area contributed by atoms with Crippen molar-refractivity contribution in [3.63, 3.8) is 0 Å². The maximum Gasteiger partial charge on any atom is 0.269 e. The van der Waals surface area contributed by atoms with Crippen molar-refractivity contribution in [2.24, 2.45) is 12.5 Å². The first-order valence-electron chi connectivity index (χ1n) is 9.07. The quantitative estimate of drug-likeness (QED) is 0.856. The lowest BCUT2D eigenvalue weighted by atomic mass is 9.75. The minimum Gasteiger partial charge on any atom is -0.392 e. The van der Waals surface area contributed by atoms with Gasteiger partial charge in [0.2, 0.25) is 5.91 Å². The molecule has 1 saturated carbocycles. The summed E-state index contributed by atoms with van der Waals surface area (Å²) >= 11 is 0. The number of fused-ring (bicyclic) bond motifs is 1. The number of nitrogens with zero attached hydrogens (tertiary/aromatic N) is 3. The van der Waals surface area contributed by atoms with Crippen LogP contribution >= 0.6 is 0 Å². The molecule has 1 aromatic heterocycles. The molecule has 2 aliphatic rings. The zero-order valence-electron chi connectivity index (χ0n) is 15.2. The summed E-state index contributed by atoms with van der Waals surface area (Å²) in [5, 5.41) is 17.6. The molecule has 1 aliphatic carbocycles. The lowest BCUT2D eigenvalue weighted by Crippen LogP contribution is -2.48. The van der Waals surface area contributed by atoms with Gasteiger partial charge in [0, 0.05) is 38.2 Å². The Morgan fingerprint density at radius 2 is 2.12 bits per heavy atom. The molecule has 2 N–H and O–H groups in total. The van der Waals surface area contributed by atoms with E-state index in [2.05, 4.69) is 17.3 Å². The zero-order valence-corrected chi connectivity index (χ0v) is 15.2.